The van der Waals surface area contributed by atoms with E-state index in [0.717, 1.165) is 66.1 Å². The lowest BCUT2D eigenvalue weighted by Crippen LogP contribution is -2.15. The SMILES string of the molecule is CC1(C)c2cc(-c3ccccc3-c3cnc4c5ccccc5c5ccccc5c4n3)ccc2-c2ccc(-c3cccc4c3oc3ccccc34)cc21. The highest BCUT2D eigenvalue weighted by atomic mass is 16.3. The van der Waals surface area contributed by atoms with Crippen molar-refractivity contribution < 1.29 is 4.42 Å². The molecule has 0 bridgehead atoms. The Morgan fingerprint density at radius 2 is 0.981 bits per heavy atom. The molecule has 2 aromatic heterocycles. The van der Waals surface area contributed by atoms with Crippen molar-refractivity contribution in [2.24, 2.45) is 0 Å². The molecule has 3 heteroatoms. The van der Waals surface area contributed by atoms with Crippen LogP contribution in [0.15, 0.2) is 162 Å². The maximum Gasteiger partial charge on any atom is 0.143 e. The van der Waals surface area contributed by atoms with Crippen molar-refractivity contribution in [3.63, 3.8) is 0 Å². The number of hydrogen-bond donors (Lipinski definition) is 0. The maximum atomic E-state index is 6.44. The highest BCUT2D eigenvalue weighted by Gasteiger charge is 2.36. The van der Waals surface area contributed by atoms with Crippen LogP contribution in [-0.2, 0) is 5.41 Å². The highest BCUT2D eigenvalue weighted by molar-refractivity contribution is 6.23. The lowest BCUT2D eigenvalue weighted by Gasteiger charge is -2.23. The summed E-state index contributed by atoms with van der Waals surface area (Å²) >= 11 is 0. The summed E-state index contributed by atoms with van der Waals surface area (Å²) in [5, 5.41) is 6.95. The van der Waals surface area contributed by atoms with Gasteiger partial charge in [0, 0.05) is 38.1 Å². The fourth-order valence-electron chi connectivity index (χ4n) is 8.76. The normalized spacial score (nSPS) is 13.3. The van der Waals surface area contributed by atoms with Crippen LogP contribution in [0.1, 0.15) is 25.0 Å². The molecule has 1 aliphatic rings. The predicted molar refractivity (Wildman–Crippen MR) is 216 cm³/mol. The molecule has 0 fully saturated rings. The topological polar surface area (TPSA) is 38.9 Å². The Kier molecular flexibility index (Phi) is 6.01. The van der Waals surface area contributed by atoms with E-state index < -0.39 is 0 Å². The van der Waals surface area contributed by atoms with Crippen molar-refractivity contribution in [1.82, 2.24) is 9.97 Å². The smallest absolute Gasteiger partial charge is 0.143 e. The van der Waals surface area contributed by atoms with Gasteiger partial charge in [-0.2, -0.15) is 0 Å². The van der Waals surface area contributed by atoms with Crippen LogP contribution >= 0.6 is 0 Å². The number of para-hydroxylation sites is 2. The van der Waals surface area contributed by atoms with Crippen molar-refractivity contribution in [2.75, 3.05) is 0 Å². The highest BCUT2D eigenvalue weighted by Crippen LogP contribution is 2.51. The molecule has 1 aliphatic carbocycles. The minimum absolute atomic E-state index is 0.198. The first-order chi connectivity index (χ1) is 25.5. The number of aromatic nitrogens is 2. The Bertz CT molecular complexity index is 3080. The lowest BCUT2D eigenvalue weighted by molar-refractivity contribution is 0.660. The van der Waals surface area contributed by atoms with E-state index in [1.54, 1.807) is 0 Å². The van der Waals surface area contributed by atoms with Crippen molar-refractivity contribution in [3.05, 3.63) is 169 Å². The molecule has 244 valence electrons. The average Bonchev–Trinajstić information content (AvgIpc) is 3.69. The second kappa shape index (κ2) is 10.7. The largest absolute Gasteiger partial charge is 0.455 e. The van der Waals surface area contributed by atoms with Crippen LogP contribution < -0.4 is 0 Å². The summed E-state index contributed by atoms with van der Waals surface area (Å²) in [6, 6.07) is 54.3. The minimum atomic E-state index is -0.198. The lowest BCUT2D eigenvalue weighted by atomic mass is 9.80. The second-order valence-corrected chi connectivity index (χ2v) is 14.5. The molecular weight excluding hydrogens is 633 g/mol. The zero-order chi connectivity index (χ0) is 34.6. The summed E-state index contributed by atoms with van der Waals surface area (Å²) in [5.74, 6) is 0. The van der Waals surface area contributed by atoms with Gasteiger partial charge in [0.05, 0.1) is 22.9 Å². The van der Waals surface area contributed by atoms with Crippen LogP contribution in [0.2, 0.25) is 0 Å². The first-order valence-corrected chi connectivity index (χ1v) is 17.9. The van der Waals surface area contributed by atoms with Gasteiger partial charge in [-0.05, 0) is 67.9 Å². The van der Waals surface area contributed by atoms with Crippen molar-refractivity contribution >= 4 is 54.5 Å². The van der Waals surface area contributed by atoms with Crippen LogP contribution in [0.5, 0.6) is 0 Å². The third-order valence-corrected chi connectivity index (χ3v) is 11.3. The van der Waals surface area contributed by atoms with Crippen molar-refractivity contribution in [3.8, 4) is 44.6 Å². The third-order valence-electron chi connectivity index (χ3n) is 11.3. The van der Waals surface area contributed by atoms with Gasteiger partial charge in [0.25, 0.3) is 0 Å². The Morgan fingerprint density at radius 3 is 1.69 bits per heavy atom. The van der Waals surface area contributed by atoms with Crippen LogP contribution in [0.4, 0.5) is 0 Å². The van der Waals surface area contributed by atoms with Gasteiger partial charge in [-0.1, -0.05) is 147 Å². The quantitative estimate of drug-likeness (QED) is 0.176. The van der Waals surface area contributed by atoms with Crippen LogP contribution in [-0.4, -0.2) is 9.97 Å². The van der Waals surface area contributed by atoms with E-state index in [2.05, 4.69) is 153 Å². The van der Waals surface area contributed by atoms with Gasteiger partial charge >= 0.3 is 0 Å². The van der Waals surface area contributed by atoms with Crippen molar-refractivity contribution in [1.29, 1.82) is 0 Å². The molecule has 52 heavy (non-hydrogen) atoms. The standard InChI is InChI=1S/C49H32N2O/c1-49(2)42-26-29(22-24-35(42)36-25-23-30(27-43(36)49)32-19-11-20-41-38-16-9-10-21-45(38)52-48(32)41)31-12-3-6-15-37(31)44-28-50-46-39-17-7-4-13-33(39)34-14-5-8-18-40(34)47(46)51-44/h3-28H,1-2H3. The summed E-state index contributed by atoms with van der Waals surface area (Å²) < 4.78 is 6.44. The van der Waals surface area contributed by atoms with E-state index in [4.69, 9.17) is 14.4 Å². The van der Waals surface area contributed by atoms with Crippen LogP contribution in [0.3, 0.4) is 0 Å². The molecule has 0 saturated carbocycles. The molecule has 0 spiro atoms. The first-order valence-electron chi connectivity index (χ1n) is 17.9. The van der Waals surface area contributed by atoms with Crippen LogP contribution in [0.25, 0.3) is 99.2 Å². The zero-order valence-electron chi connectivity index (χ0n) is 28.8. The minimum Gasteiger partial charge on any atom is -0.455 e. The van der Waals surface area contributed by atoms with E-state index in [1.165, 1.54) is 44.2 Å². The van der Waals surface area contributed by atoms with E-state index in [1.807, 2.05) is 18.3 Å². The van der Waals surface area contributed by atoms with Gasteiger partial charge in [-0.25, -0.2) is 4.98 Å². The summed E-state index contributed by atoms with van der Waals surface area (Å²) in [4.78, 5) is 10.4. The molecule has 0 atom stereocenters. The number of nitrogens with zero attached hydrogens (tertiary/aromatic N) is 2. The van der Waals surface area contributed by atoms with E-state index >= 15 is 0 Å². The Hall–Kier alpha value is -6.58. The molecule has 2 heterocycles. The summed E-state index contributed by atoms with van der Waals surface area (Å²) in [6.45, 7) is 4.70. The van der Waals surface area contributed by atoms with Gasteiger partial charge in [0.15, 0.2) is 0 Å². The number of rotatable bonds is 3. The molecule has 11 rings (SSSR count). The molecular formula is C49H32N2O. The van der Waals surface area contributed by atoms with Gasteiger partial charge in [-0.3, -0.25) is 4.98 Å². The molecule has 0 aliphatic heterocycles. The van der Waals surface area contributed by atoms with E-state index in [-0.39, 0.29) is 5.41 Å². The molecule has 3 nitrogen and oxygen atoms in total. The second-order valence-electron chi connectivity index (χ2n) is 14.5. The monoisotopic (exact) mass is 664 g/mol. The Labute approximate surface area is 300 Å². The summed E-state index contributed by atoms with van der Waals surface area (Å²) in [6.07, 6.45) is 1.94. The fourth-order valence-corrected chi connectivity index (χ4v) is 8.76. The molecule has 0 amide bonds. The van der Waals surface area contributed by atoms with E-state index in [9.17, 15) is 0 Å². The average molecular weight is 665 g/mol. The first kappa shape index (κ1) is 29.2. The summed E-state index contributed by atoms with van der Waals surface area (Å²) in [5.41, 5.74) is 15.3. The molecule has 10 aromatic rings. The van der Waals surface area contributed by atoms with Gasteiger partial charge in [-0.15, -0.1) is 0 Å². The molecule has 0 unspecified atom stereocenters. The van der Waals surface area contributed by atoms with Gasteiger partial charge in [0.1, 0.15) is 11.2 Å². The number of fused-ring (bicyclic) bond motifs is 12. The Balaban J connectivity index is 1.03. The molecule has 0 saturated heterocycles. The fraction of sp³-hybridized carbons (Fsp3) is 0.0612. The van der Waals surface area contributed by atoms with Crippen molar-refractivity contribution in [2.45, 2.75) is 19.3 Å². The van der Waals surface area contributed by atoms with Gasteiger partial charge < -0.3 is 4.42 Å². The number of furan rings is 1. The third kappa shape index (κ3) is 4.08. The van der Waals surface area contributed by atoms with Gasteiger partial charge in [0.2, 0.25) is 0 Å². The van der Waals surface area contributed by atoms with Crippen LogP contribution in [0, 0.1) is 0 Å². The summed E-state index contributed by atoms with van der Waals surface area (Å²) in [7, 11) is 0. The Morgan fingerprint density at radius 1 is 0.442 bits per heavy atom. The van der Waals surface area contributed by atoms with E-state index in [0.29, 0.717) is 0 Å². The molecule has 8 aromatic carbocycles. The number of hydrogen-bond acceptors (Lipinski definition) is 3. The maximum absolute atomic E-state index is 6.44. The molecule has 0 radical (unpaired) electrons. The molecule has 0 N–H and O–H groups in total. The number of benzene rings is 8. The predicted octanol–water partition coefficient (Wildman–Crippen LogP) is 13.1. The zero-order valence-corrected chi connectivity index (χ0v) is 28.8.